The van der Waals surface area contributed by atoms with E-state index >= 15 is 0 Å². The van der Waals surface area contributed by atoms with Crippen LogP contribution in [0.15, 0.2) is 47.5 Å². The average Bonchev–Trinajstić information content (AvgIpc) is 3.22. The molecule has 8 nitrogen and oxygen atoms in total. The molecule has 0 aromatic carbocycles. The molecule has 3 aromatic heterocycles. The van der Waals surface area contributed by atoms with Gasteiger partial charge in [-0.25, -0.2) is 9.97 Å². The summed E-state index contributed by atoms with van der Waals surface area (Å²) in [5, 5.41) is 12.4. The third-order valence-corrected chi connectivity index (χ3v) is 6.15. The highest BCUT2D eigenvalue weighted by Gasteiger charge is 2.43. The van der Waals surface area contributed by atoms with Crippen molar-refractivity contribution in [2.75, 3.05) is 0 Å². The van der Waals surface area contributed by atoms with Crippen molar-refractivity contribution in [2.24, 2.45) is 0 Å². The topological polar surface area (TPSA) is 101 Å². The molecule has 3 aromatic rings. The van der Waals surface area contributed by atoms with Gasteiger partial charge in [0.2, 0.25) is 0 Å². The predicted molar refractivity (Wildman–Crippen MR) is 114 cm³/mol. The number of pyridine rings is 1. The lowest BCUT2D eigenvalue weighted by Crippen LogP contribution is -2.61. The van der Waals surface area contributed by atoms with Crippen LogP contribution in [0.25, 0.3) is 23.3 Å². The Bertz CT molecular complexity index is 1130. The number of nitrogens with one attached hydrogen (secondary N) is 2. The van der Waals surface area contributed by atoms with E-state index in [0.29, 0.717) is 17.2 Å². The molecule has 0 aliphatic carbocycles. The van der Waals surface area contributed by atoms with Crippen LogP contribution >= 0.6 is 0 Å². The van der Waals surface area contributed by atoms with Gasteiger partial charge >= 0.3 is 0 Å². The molecular formula is C22H25N7O. The fourth-order valence-electron chi connectivity index (χ4n) is 5.02. The first kappa shape index (κ1) is 18.9. The Morgan fingerprint density at radius 1 is 1.17 bits per heavy atom. The van der Waals surface area contributed by atoms with Gasteiger partial charge in [0.05, 0.1) is 11.8 Å². The Kier molecular flexibility index (Phi) is 4.39. The lowest BCUT2D eigenvalue weighted by Gasteiger charge is -2.51. The highest BCUT2D eigenvalue weighted by atomic mass is 16.1. The highest BCUT2D eigenvalue weighted by Crippen LogP contribution is 2.42. The molecular weight excluding hydrogens is 378 g/mol. The van der Waals surface area contributed by atoms with Crippen molar-refractivity contribution in [2.45, 2.75) is 57.0 Å². The first-order valence-electron chi connectivity index (χ1n) is 10.3. The van der Waals surface area contributed by atoms with Crippen LogP contribution in [0.3, 0.4) is 0 Å². The van der Waals surface area contributed by atoms with Crippen molar-refractivity contribution in [3.8, 4) is 17.2 Å². The molecule has 0 spiro atoms. The van der Waals surface area contributed by atoms with Crippen molar-refractivity contribution in [3.63, 3.8) is 0 Å². The Balaban J connectivity index is 1.39. The number of aromatic nitrogens is 6. The minimum absolute atomic E-state index is 0.155. The zero-order valence-corrected chi connectivity index (χ0v) is 17.2. The number of nitrogens with zero attached hydrogens (tertiary/aromatic N) is 5. The van der Waals surface area contributed by atoms with Gasteiger partial charge in [0.1, 0.15) is 17.8 Å². The van der Waals surface area contributed by atoms with Crippen LogP contribution in [0.1, 0.15) is 51.6 Å². The molecule has 0 amide bonds. The Labute approximate surface area is 174 Å². The zero-order valence-electron chi connectivity index (χ0n) is 17.2. The van der Waals surface area contributed by atoms with Crippen molar-refractivity contribution >= 4 is 6.08 Å². The van der Waals surface area contributed by atoms with Crippen molar-refractivity contribution < 1.29 is 0 Å². The average molecular weight is 403 g/mol. The molecule has 2 N–H and O–H groups in total. The van der Waals surface area contributed by atoms with Gasteiger partial charge in [-0.05, 0) is 52.0 Å². The second-order valence-corrected chi connectivity index (χ2v) is 9.03. The molecule has 5 rings (SSSR count). The molecule has 0 radical (unpaired) electrons. The molecule has 2 aliphatic rings. The molecule has 154 valence electrons. The minimum Gasteiger partial charge on any atom is -0.347 e. The van der Waals surface area contributed by atoms with Gasteiger partial charge in [-0.1, -0.05) is 5.57 Å². The number of imidazole rings is 1. The first-order valence-corrected chi connectivity index (χ1v) is 10.3. The molecule has 0 unspecified atom stereocenters. The van der Waals surface area contributed by atoms with Gasteiger partial charge in [-0.2, -0.15) is 0 Å². The van der Waals surface area contributed by atoms with E-state index in [4.69, 9.17) is 0 Å². The fraction of sp³-hybridized carbons (Fsp3) is 0.409. The van der Waals surface area contributed by atoms with Crippen LogP contribution < -0.4 is 10.7 Å². The van der Waals surface area contributed by atoms with Crippen LogP contribution in [-0.2, 0) is 0 Å². The van der Waals surface area contributed by atoms with E-state index in [1.807, 2.05) is 0 Å². The van der Waals surface area contributed by atoms with Gasteiger partial charge in [0.15, 0.2) is 11.3 Å². The smallest absolute Gasteiger partial charge is 0.194 e. The van der Waals surface area contributed by atoms with Crippen molar-refractivity contribution in [1.82, 2.24) is 35.0 Å². The summed E-state index contributed by atoms with van der Waals surface area (Å²) in [6.45, 7) is 4.62. The number of fused-ring (bicyclic) bond motifs is 2. The van der Waals surface area contributed by atoms with E-state index in [9.17, 15) is 4.79 Å². The second-order valence-electron chi connectivity index (χ2n) is 9.03. The molecule has 2 atom stereocenters. The number of rotatable bonds is 3. The second kappa shape index (κ2) is 6.98. The standard InChI is InChI=1S/C22H25N7O/c1-21-4-3-5-22(2,28-21)11-15(10-21)8-16-12-25-20(27-26-16)17-13-24-19(9-18(17)30)29-7-6-23-14-29/h6-9,12-14,28H,3-5,10-11H2,1-2H3,(H,24,30)/t21-,22+. The Hall–Kier alpha value is -3.13. The number of H-pyrrole nitrogens is 1. The fourth-order valence-corrected chi connectivity index (χ4v) is 5.02. The summed E-state index contributed by atoms with van der Waals surface area (Å²) in [6, 6.07) is 1.51. The van der Waals surface area contributed by atoms with Crippen LogP contribution in [0.4, 0.5) is 0 Å². The molecule has 0 saturated carbocycles. The number of piperidine rings is 2. The van der Waals surface area contributed by atoms with Crippen molar-refractivity contribution in [1.29, 1.82) is 0 Å². The van der Waals surface area contributed by atoms with Gasteiger partial charge < -0.3 is 10.3 Å². The summed E-state index contributed by atoms with van der Waals surface area (Å²) in [7, 11) is 0. The highest BCUT2D eigenvalue weighted by molar-refractivity contribution is 5.55. The molecule has 2 aliphatic heterocycles. The quantitative estimate of drug-likeness (QED) is 0.697. The minimum atomic E-state index is -0.169. The maximum absolute atomic E-state index is 12.5. The van der Waals surface area contributed by atoms with E-state index in [2.05, 4.69) is 50.4 Å². The van der Waals surface area contributed by atoms with Gasteiger partial charge in [0.25, 0.3) is 0 Å². The Morgan fingerprint density at radius 2 is 1.97 bits per heavy atom. The summed E-state index contributed by atoms with van der Waals surface area (Å²) < 4.78 is 1.73. The predicted octanol–water partition coefficient (Wildman–Crippen LogP) is 2.88. The molecule has 2 fully saturated rings. The molecule has 5 heterocycles. The summed E-state index contributed by atoms with van der Waals surface area (Å²) in [5.41, 5.74) is 2.64. The van der Waals surface area contributed by atoms with E-state index in [1.54, 1.807) is 35.7 Å². The third kappa shape index (κ3) is 3.59. The zero-order chi connectivity index (χ0) is 20.8. The normalized spacial score (nSPS) is 27.3. The van der Waals surface area contributed by atoms with Crippen LogP contribution in [0.2, 0.25) is 0 Å². The van der Waals surface area contributed by atoms with E-state index < -0.39 is 0 Å². The molecule has 30 heavy (non-hydrogen) atoms. The summed E-state index contributed by atoms with van der Waals surface area (Å²) in [6.07, 6.45) is 16.2. The number of hydrogen-bond acceptors (Lipinski definition) is 6. The van der Waals surface area contributed by atoms with Crippen LogP contribution in [0.5, 0.6) is 0 Å². The molecule has 2 bridgehead atoms. The molecule has 8 heteroatoms. The molecule has 2 saturated heterocycles. The summed E-state index contributed by atoms with van der Waals surface area (Å²) >= 11 is 0. The Morgan fingerprint density at radius 3 is 2.60 bits per heavy atom. The maximum atomic E-state index is 12.5. The SMILES string of the molecule is C[C@]12CCC[C@](C)(CC(=Cc3cnc(-c4c[nH]c(-n5ccnc5)cc4=O)nn3)C1)N2. The number of aromatic amines is 1. The van der Waals surface area contributed by atoms with Gasteiger partial charge in [-0.15, -0.1) is 10.2 Å². The lowest BCUT2D eigenvalue weighted by atomic mass is 9.69. The van der Waals surface area contributed by atoms with E-state index in [1.165, 1.54) is 30.9 Å². The summed E-state index contributed by atoms with van der Waals surface area (Å²) in [4.78, 5) is 24.0. The van der Waals surface area contributed by atoms with E-state index in [0.717, 1.165) is 18.5 Å². The monoisotopic (exact) mass is 403 g/mol. The first-order chi connectivity index (χ1) is 14.4. The maximum Gasteiger partial charge on any atom is 0.194 e. The van der Waals surface area contributed by atoms with Gasteiger partial charge in [-0.3, -0.25) is 9.36 Å². The van der Waals surface area contributed by atoms with Gasteiger partial charge in [0, 0.05) is 35.7 Å². The number of hydrogen-bond donors (Lipinski definition) is 2. The van der Waals surface area contributed by atoms with Crippen LogP contribution in [0, 0.1) is 0 Å². The van der Waals surface area contributed by atoms with E-state index in [-0.39, 0.29) is 16.5 Å². The lowest BCUT2D eigenvalue weighted by molar-refractivity contribution is 0.124. The summed E-state index contributed by atoms with van der Waals surface area (Å²) in [5.74, 6) is 0.950. The third-order valence-electron chi connectivity index (χ3n) is 6.15. The van der Waals surface area contributed by atoms with Crippen LogP contribution in [-0.4, -0.2) is 40.8 Å². The largest absolute Gasteiger partial charge is 0.347 e. The van der Waals surface area contributed by atoms with Crippen molar-refractivity contribution in [3.05, 3.63) is 58.7 Å².